The van der Waals surface area contributed by atoms with Gasteiger partial charge in [0.2, 0.25) is 0 Å². The fourth-order valence-electron chi connectivity index (χ4n) is 0.995. The minimum atomic E-state index is 1.06. The summed E-state index contributed by atoms with van der Waals surface area (Å²) in [5.74, 6) is 0. The number of rotatable bonds is 3. The molecule has 0 atom stereocenters. The molecule has 2 heteroatoms. The van der Waals surface area contributed by atoms with Crippen LogP contribution in [0.5, 0.6) is 0 Å². The Kier molecular flexibility index (Phi) is 13.1. The smallest absolute Gasteiger partial charge is 0.0605 e. The van der Waals surface area contributed by atoms with Crippen molar-refractivity contribution in [3.05, 3.63) is 48.8 Å². The monoisotopic (exact) mass is 234 g/mol. The normalized spacial score (nSPS) is 10.7. The summed E-state index contributed by atoms with van der Waals surface area (Å²) in [5.41, 5.74) is 2.19. The highest BCUT2D eigenvalue weighted by molar-refractivity contribution is 5.57. The van der Waals surface area contributed by atoms with Crippen LogP contribution in [0, 0.1) is 0 Å². The van der Waals surface area contributed by atoms with Crippen molar-refractivity contribution in [3.8, 4) is 0 Å². The molecule has 0 radical (unpaired) electrons. The van der Waals surface area contributed by atoms with E-state index in [1.54, 1.807) is 6.20 Å². The molecule has 1 aromatic heterocycles. The molecule has 0 saturated heterocycles. The molecule has 96 valence electrons. The lowest BCUT2D eigenvalue weighted by Gasteiger charge is -2.01. The van der Waals surface area contributed by atoms with Crippen LogP contribution >= 0.6 is 0 Å². The van der Waals surface area contributed by atoms with Gasteiger partial charge in [-0.2, -0.15) is 5.10 Å². The van der Waals surface area contributed by atoms with Crippen LogP contribution in [-0.4, -0.2) is 9.78 Å². The maximum absolute atomic E-state index is 4.14. The second kappa shape index (κ2) is 12.5. The first-order chi connectivity index (χ1) is 8.27. The molecule has 0 unspecified atom stereocenters. The molecule has 0 amide bonds. The van der Waals surface area contributed by atoms with E-state index in [-0.39, 0.29) is 0 Å². The van der Waals surface area contributed by atoms with Crippen LogP contribution in [0.4, 0.5) is 0 Å². The maximum atomic E-state index is 4.14. The number of aromatic nitrogens is 2. The molecule has 0 aromatic carbocycles. The Hall–Kier alpha value is -1.57. The van der Waals surface area contributed by atoms with E-state index in [2.05, 4.69) is 11.7 Å². The largest absolute Gasteiger partial charge is 0.241 e. The quantitative estimate of drug-likeness (QED) is 0.678. The molecule has 1 aromatic rings. The third kappa shape index (κ3) is 7.34. The van der Waals surface area contributed by atoms with Gasteiger partial charge in [-0.3, -0.25) is 0 Å². The zero-order valence-electron chi connectivity index (χ0n) is 12.1. The van der Waals surface area contributed by atoms with Crippen LogP contribution in [0.25, 0.3) is 5.70 Å². The molecule has 1 rings (SSSR count). The van der Waals surface area contributed by atoms with Crippen molar-refractivity contribution in [1.82, 2.24) is 9.78 Å². The molecular weight excluding hydrogens is 208 g/mol. The second-order valence-corrected chi connectivity index (χ2v) is 2.76. The van der Waals surface area contributed by atoms with Gasteiger partial charge in [0.05, 0.1) is 5.70 Å². The molecule has 0 spiro atoms. The fourth-order valence-corrected chi connectivity index (χ4v) is 0.995. The molecule has 0 N–H and O–H groups in total. The summed E-state index contributed by atoms with van der Waals surface area (Å²) in [4.78, 5) is 0. The van der Waals surface area contributed by atoms with Crippen LogP contribution in [0.15, 0.2) is 48.8 Å². The summed E-state index contributed by atoms with van der Waals surface area (Å²) < 4.78 is 1.83. The van der Waals surface area contributed by atoms with Crippen molar-refractivity contribution >= 4 is 5.70 Å². The van der Waals surface area contributed by atoms with Crippen molar-refractivity contribution in [2.75, 3.05) is 0 Å². The van der Waals surface area contributed by atoms with Gasteiger partial charge in [0.25, 0.3) is 0 Å². The molecule has 0 saturated carbocycles. The van der Waals surface area contributed by atoms with Gasteiger partial charge in [-0.25, -0.2) is 4.68 Å². The number of hydrogen-bond donors (Lipinski definition) is 0. The molecule has 0 aliphatic carbocycles. The highest BCUT2D eigenvalue weighted by atomic mass is 15.3. The van der Waals surface area contributed by atoms with Crippen LogP contribution in [0.1, 0.15) is 41.5 Å². The summed E-state index contributed by atoms with van der Waals surface area (Å²) in [6.45, 7) is 15.7. The minimum Gasteiger partial charge on any atom is -0.241 e. The van der Waals surface area contributed by atoms with E-state index >= 15 is 0 Å². The molecule has 0 aliphatic heterocycles. The number of nitrogens with zero attached hydrogens (tertiary/aromatic N) is 2. The first-order valence-corrected chi connectivity index (χ1v) is 6.25. The Labute approximate surface area is 106 Å². The highest BCUT2D eigenvalue weighted by Gasteiger charge is 1.94. The van der Waals surface area contributed by atoms with Gasteiger partial charge in [0.1, 0.15) is 0 Å². The van der Waals surface area contributed by atoms with Crippen LogP contribution in [-0.2, 0) is 0 Å². The molecule has 17 heavy (non-hydrogen) atoms. The van der Waals surface area contributed by atoms with Gasteiger partial charge in [0, 0.05) is 12.4 Å². The molecule has 0 fully saturated rings. The van der Waals surface area contributed by atoms with E-state index in [1.165, 1.54) is 0 Å². The van der Waals surface area contributed by atoms with Crippen molar-refractivity contribution in [2.24, 2.45) is 0 Å². The first kappa shape index (κ1) is 17.8. The second-order valence-electron chi connectivity index (χ2n) is 2.76. The van der Waals surface area contributed by atoms with Crippen LogP contribution < -0.4 is 0 Å². The number of hydrogen-bond acceptors (Lipinski definition) is 1. The van der Waals surface area contributed by atoms with Gasteiger partial charge in [-0.1, -0.05) is 46.4 Å². The summed E-state index contributed by atoms with van der Waals surface area (Å²) in [6, 6.07) is 1.90. The van der Waals surface area contributed by atoms with Crippen LogP contribution in [0.3, 0.4) is 0 Å². The topological polar surface area (TPSA) is 17.8 Å². The summed E-state index contributed by atoms with van der Waals surface area (Å²) >= 11 is 0. The third-order valence-electron chi connectivity index (χ3n) is 1.76. The van der Waals surface area contributed by atoms with E-state index in [1.807, 2.05) is 76.7 Å². The summed E-state index contributed by atoms with van der Waals surface area (Å²) in [6.07, 6.45) is 9.57. The van der Waals surface area contributed by atoms with E-state index in [9.17, 15) is 0 Å². The average Bonchev–Trinajstić information content (AvgIpc) is 2.94. The number of allylic oxidation sites excluding steroid dienone is 5. The van der Waals surface area contributed by atoms with Crippen molar-refractivity contribution < 1.29 is 0 Å². The van der Waals surface area contributed by atoms with E-state index in [0.717, 1.165) is 11.3 Å². The lowest BCUT2D eigenvalue weighted by Crippen LogP contribution is -1.94. The Bertz CT molecular complexity index is 330. The zero-order chi connectivity index (χ0) is 13.7. The zero-order valence-corrected chi connectivity index (χ0v) is 12.1. The van der Waals surface area contributed by atoms with E-state index in [4.69, 9.17) is 0 Å². The molecular formula is C15H26N2. The standard InChI is InChI=1S/C11H14N2.2C2H6/c1-4-10(3)9-11(5-2)13-8-6-7-12-13;2*1-2/h4-9H,1H2,2-3H3;2*1-2H3/b10-9-,11-5+;;. The predicted molar refractivity (Wildman–Crippen MR) is 78.8 cm³/mol. The lowest BCUT2D eigenvalue weighted by molar-refractivity contribution is 0.907. The Morgan fingerprint density at radius 2 is 1.82 bits per heavy atom. The minimum absolute atomic E-state index is 1.06. The molecule has 0 aliphatic rings. The average molecular weight is 234 g/mol. The lowest BCUT2D eigenvalue weighted by atomic mass is 10.2. The van der Waals surface area contributed by atoms with Gasteiger partial charge in [-0.15, -0.1) is 0 Å². The molecule has 1 heterocycles. The molecule has 2 nitrogen and oxygen atoms in total. The maximum Gasteiger partial charge on any atom is 0.0605 e. The highest BCUT2D eigenvalue weighted by Crippen LogP contribution is 2.08. The Morgan fingerprint density at radius 3 is 2.18 bits per heavy atom. The van der Waals surface area contributed by atoms with Crippen molar-refractivity contribution in [1.29, 1.82) is 0 Å². The molecule has 0 bridgehead atoms. The van der Waals surface area contributed by atoms with E-state index in [0.29, 0.717) is 0 Å². The van der Waals surface area contributed by atoms with Crippen molar-refractivity contribution in [2.45, 2.75) is 41.5 Å². The Balaban J connectivity index is 0. The van der Waals surface area contributed by atoms with Gasteiger partial charge < -0.3 is 0 Å². The Morgan fingerprint density at radius 1 is 1.24 bits per heavy atom. The van der Waals surface area contributed by atoms with Crippen molar-refractivity contribution in [3.63, 3.8) is 0 Å². The summed E-state index contributed by atoms with van der Waals surface area (Å²) in [7, 11) is 0. The predicted octanol–water partition coefficient (Wildman–Crippen LogP) is 4.93. The third-order valence-corrected chi connectivity index (χ3v) is 1.76. The van der Waals surface area contributed by atoms with E-state index < -0.39 is 0 Å². The van der Waals surface area contributed by atoms with Gasteiger partial charge in [0.15, 0.2) is 0 Å². The fraction of sp³-hybridized carbons (Fsp3) is 0.400. The van der Waals surface area contributed by atoms with Gasteiger partial charge >= 0.3 is 0 Å². The SMILES string of the molecule is C=C/C(C)=C\C(=C/C)n1cccn1.CC.CC. The summed E-state index contributed by atoms with van der Waals surface area (Å²) in [5, 5.41) is 4.14. The first-order valence-electron chi connectivity index (χ1n) is 6.25. The van der Waals surface area contributed by atoms with Gasteiger partial charge in [-0.05, 0) is 31.6 Å². The van der Waals surface area contributed by atoms with Crippen LogP contribution in [0.2, 0.25) is 0 Å².